The zero-order chi connectivity index (χ0) is 21.4. The molecule has 1 aliphatic carbocycles. The van der Waals surface area contributed by atoms with Crippen molar-refractivity contribution in [1.29, 1.82) is 0 Å². The highest BCUT2D eigenvalue weighted by Gasteiger charge is 2.29. The van der Waals surface area contributed by atoms with Crippen molar-refractivity contribution >= 4 is 28.5 Å². The van der Waals surface area contributed by atoms with Crippen LogP contribution in [0.5, 0.6) is 0 Å². The van der Waals surface area contributed by atoms with Crippen molar-refractivity contribution in [2.24, 2.45) is 13.0 Å². The zero-order valence-electron chi connectivity index (χ0n) is 17.8. The first-order valence-corrected chi connectivity index (χ1v) is 10.4. The molecule has 2 amide bonds. The first-order chi connectivity index (χ1) is 14.3. The lowest BCUT2D eigenvalue weighted by molar-refractivity contribution is -0.117. The molecule has 2 N–H and O–H groups in total. The second kappa shape index (κ2) is 7.89. The van der Waals surface area contributed by atoms with Crippen LogP contribution in [-0.4, -0.2) is 26.6 Å². The van der Waals surface area contributed by atoms with Crippen molar-refractivity contribution in [2.45, 2.75) is 46.1 Å². The van der Waals surface area contributed by atoms with E-state index < -0.39 is 0 Å². The highest BCUT2D eigenvalue weighted by Crippen LogP contribution is 2.30. The number of nitrogens with one attached hydrogen (secondary N) is 2. The summed E-state index contributed by atoms with van der Waals surface area (Å²) in [7, 11) is 1.84. The molecule has 7 nitrogen and oxygen atoms in total. The topological polar surface area (TPSA) is 88.9 Å². The molecule has 0 unspecified atom stereocenters. The third-order valence-corrected chi connectivity index (χ3v) is 5.42. The molecule has 1 saturated carbocycles. The van der Waals surface area contributed by atoms with Crippen LogP contribution in [0, 0.1) is 12.8 Å². The van der Waals surface area contributed by atoms with Crippen molar-refractivity contribution in [3.63, 3.8) is 0 Å². The minimum absolute atomic E-state index is 0.0728. The van der Waals surface area contributed by atoms with Gasteiger partial charge in [0.25, 0.3) is 5.91 Å². The highest BCUT2D eigenvalue weighted by molar-refractivity contribution is 6.06. The number of hydrogen-bond donors (Lipinski definition) is 2. The molecule has 0 bridgehead atoms. The average Bonchev–Trinajstić information content (AvgIpc) is 3.52. The van der Waals surface area contributed by atoms with Gasteiger partial charge in [0.1, 0.15) is 0 Å². The molecular formula is C23H27N5O2. The van der Waals surface area contributed by atoms with Gasteiger partial charge in [0, 0.05) is 30.9 Å². The van der Waals surface area contributed by atoms with Crippen LogP contribution in [-0.2, 0) is 18.4 Å². The average molecular weight is 406 g/mol. The lowest BCUT2D eigenvalue weighted by Gasteiger charge is -2.12. The van der Waals surface area contributed by atoms with Gasteiger partial charge < -0.3 is 10.6 Å². The number of aryl methyl sites for hydroxylation is 2. The number of hydrogen-bond acceptors (Lipinski definition) is 4. The Morgan fingerprint density at radius 1 is 1.23 bits per heavy atom. The lowest BCUT2D eigenvalue weighted by atomic mass is 10.0. The summed E-state index contributed by atoms with van der Waals surface area (Å²) < 4.78 is 1.72. The third kappa shape index (κ3) is 4.06. The minimum atomic E-state index is -0.159. The van der Waals surface area contributed by atoms with Gasteiger partial charge in [-0.2, -0.15) is 5.10 Å². The Kier molecular flexibility index (Phi) is 5.28. The van der Waals surface area contributed by atoms with Gasteiger partial charge in [-0.05, 0) is 49.4 Å². The van der Waals surface area contributed by atoms with Crippen LogP contribution in [0.1, 0.15) is 59.9 Å². The van der Waals surface area contributed by atoms with Gasteiger partial charge >= 0.3 is 0 Å². The second-order valence-electron chi connectivity index (χ2n) is 8.30. The quantitative estimate of drug-likeness (QED) is 0.655. The number of carbonyl (C=O) groups is 2. The van der Waals surface area contributed by atoms with Crippen molar-refractivity contribution < 1.29 is 9.59 Å². The molecule has 0 radical (unpaired) electrons. The van der Waals surface area contributed by atoms with Gasteiger partial charge in [-0.15, -0.1) is 0 Å². The number of amides is 2. The standard InChI is InChI=1S/C23H27N5O2/c1-13(2)19-11-18(20-14(3)27-28(4)21(20)26-19)23(30)24-12-15-6-5-7-17(10-15)25-22(29)16-8-9-16/h5-7,10-11,13,16H,8-9,12H2,1-4H3,(H,24,30)(H,25,29). The predicted molar refractivity (Wildman–Crippen MR) is 116 cm³/mol. The molecule has 0 atom stereocenters. The number of rotatable bonds is 6. The molecule has 0 aliphatic heterocycles. The van der Waals surface area contributed by atoms with Gasteiger partial charge in [0.15, 0.2) is 5.65 Å². The SMILES string of the molecule is Cc1nn(C)c2nc(C(C)C)cc(C(=O)NCc3cccc(NC(=O)C4CC4)c3)c12. The van der Waals surface area contributed by atoms with Crippen molar-refractivity contribution in [1.82, 2.24) is 20.1 Å². The minimum Gasteiger partial charge on any atom is -0.348 e. The highest BCUT2D eigenvalue weighted by atomic mass is 16.2. The van der Waals surface area contributed by atoms with E-state index in [-0.39, 0.29) is 23.7 Å². The molecular weight excluding hydrogens is 378 g/mol. The Balaban J connectivity index is 1.54. The maximum absolute atomic E-state index is 13.1. The van der Waals surface area contributed by atoms with Gasteiger partial charge in [-0.3, -0.25) is 14.3 Å². The molecule has 4 rings (SSSR count). The number of aromatic nitrogens is 3. The second-order valence-corrected chi connectivity index (χ2v) is 8.30. The summed E-state index contributed by atoms with van der Waals surface area (Å²) >= 11 is 0. The van der Waals surface area contributed by atoms with Crippen LogP contribution in [0.25, 0.3) is 11.0 Å². The molecule has 3 aromatic rings. The Hall–Kier alpha value is -3.22. The fourth-order valence-electron chi connectivity index (χ4n) is 3.57. The molecule has 0 saturated heterocycles. The fourth-order valence-corrected chi connectivity index (χ4v) is 3.57. The van der Waals surface area contributed by atoms with E-state index in [1.54, 1.807) is 4.68 Å². The molecule has 7 heteroatoms. The number of carbonyl (C=O) groups excluding carboxylic acids is 2. The number of fused-ring (bicyclic) bond motifs is 1. The largest absolute Gasteiger partial charge is 0.348 e. The molecule has 1 fully saturated rings. The summed E-state index contributed by atoms with van der Waals surface area (Å²) in [5.41, 5.74) is 4.64. The molecule has 2 aromatic heterocycles. The Labute approximate surface area is 175 Å². The molecule has 30 heavy (non-hydrogen) atoms. The molecule has 2 heterocycles. The van der Waals surface area contributed by atoms with Crippen LogP contribution in [0.15, 0.2) is 30.3 Å². The maximum Gasteiger partial charge on any atom is 0.252 e. The van der Waals surface area contributed by atoms with Gasteiger partial charge in [0.05, 0.1) is 16.6 Å². The Bertz CT molecular complexity index is 1130. The van der Waals surface area contributed by atoms with Gasteiger partial charge in [-0.25, -0.2) is 4.98 Å². The summed E-state index contributed by atoms with van der Waals surface area (Å²) in [6.45, 7) is 6.37. The number of benzene rings is 1. The van der Waals surface area contributed by atoms with E-state index in [9.17, 15) is 9.59 Å². The maximum atomic E-state index is 13.1. The van der Waals surface area contributed by atoms with E-state index in [1.165, 1.54) is 0 Å². The third-order valence-electron chi connectivity index (χ3n) is 5.42. The van der Waals surface area contributed by atoms with E-state index >= 15 is 0 Å². The smallest absolute Gasteiger partial charge is 0.252 e. The first kappa shape index (κ1) is 20.1. The van der Waals surface area contributed by atoms with Crippen molar-refractivity contribution in [3.8, 4) is 0 Å². The summed E-state index contributed by atoms with van der Waals surface area (Å²) in [5.74, 6) is 0.264. The van der Waals surface area contributed by atoms with E-state index in [1.807, 2.05) is 44.3 Å². The van der Waals surface area contributed by atoms with E-state index in [2.05, 4.69) is 29.6 Å². The number of pyridine rings is 1. The van der Waals surface area contributed by atoms with Crippen LogP contribution in [0.3, 0.4) is 0 Å². The van der Waals surface area contributed by atoms with Crippen molar-refractivity contribution in [2.75, 3.05) is 5.32 Å². The van der Waals surface area contributed by atoms with Gasteiger partial charge in [0.2, 0.25) is 5.91 Å². The Morgan fingerprint density at radius 2 is 2.00 bits per heavy atom. The predicted octanol–water partition coefficient (Wildman–Crippen LogP) is 3.68. The van der Waals surface area contributed by atoms with Crippen LogP contribution in [0.2, 0.25) is 0 Å². The monoisotopic (exact) mass is 405 g/mol. The van der Waals surface area contributed by atoms with Crippen LogP contribution < -0.4 is 10.6 Å². The van der Waals surface area contributed by atoms with Crippen LogP contribution in [0.4, 0.5) is 5.69 Å². The van der Waals surface area contributed by atoms with Crippen molar-refractivity contribution in [3.05, 3.63) is 52.8 Å². The molecule has 1 aromatic carbocycles. The summed E-state index contributed by atoms with van der Waals surface area (Å²) in [6, 6.07) is 9.45. The Morgan fingerprint density at radius 3 is 2.70 bits per heavy atom. The van der Waals surface area contributed by atoms with Gasteiger partial charge in [-0.1, -0.05) is 26.0 Å². The normalized spacial score (nSPS) is 13.6. The number of nitrogens with zero attached hydrogens (tertiary/aromatic N) is 3. The summed E-state index contributed by atoms with van der Waals surface area (Å²) in [4.78, 5) is 29.8. The molecule has 156 valence electrons. The van der Waals surface area contributed by atoms with E-state index in [4.69, 9.17) is 4.98 Å². The van der Waals surface area contributed by atoms with Crippen LogP contribution >= 0.6 is 0 Å². The summed E-state index contributed by atoms with van der Waals surface area (Å²) in [6.07, 6.45) is 1.93. The molecule has 0 spiro atoms. The summed E-state index contributed by atoms with van der Waals surface area (Å²) in [5, 5.41) is 11.2. The van der Waals surface area contributed by atoms with E-state index in [0.29, 0.717) is 17.8 Å². The fraction of sp³-hybridized carbons (Fsp3) is 0.391. The van der Waals surface area contributed by atoms with E-state index in [0.717, 1.165) is 40.9 Å². The molecule has 1 aliphatic rings. The first-order valence-electron chi connectivity index (χ1n) is 10.4. The zero-order valence-corrected chi connectivity index (χ0v) is 17.8. The number of anilines is 1. The lowest BCUT2D eigenvalue weighted by Crippen LogP contribution is -2.23.